The lowest BCUT2D eigenvalue weighted by atomic mass is 9.94. The highest BCUT2D eigenvalue weighted by atomic mass is 15.0. The summed E-state index contributed by atoms with van der Waals surface area (Å²) < 4.78 is 3.75. The van der Waals surface area contributed by atoms with Crippen molar-refractivity contribution in [2.75, 3.05) is 0 Å². The van der Waals surface area contributed by atoms with Crippen LogP contribution in [0.5, 0.6) is 0 Å². The van der Waals surface area contributed by atoms with Gasteiger partial charge in [-0.15, -0.1) is 0 Å². The topological polar surface area (TPSA) is 59.3 Å². The van der Waals surface area contributed by atoms with E-state index in [0.717, 1.165) is 73.4 Å². The SMILES string of the molecule is [CH2-][n+]1ccccc1-c1cc(-c2cc(C)cc(-c3cc(-c4ccccn4)[n+]([CH2-])c(-c4ccccn4)c3)c2)cc(-c2ccccn2)n1. The number of hydrogen-bond acceptors (Lipinski definition) is 4. The summed E-state index contributed by atoms with van der Waals surface area (Å²) >= 11 is 0. The zero-order valence-electron chi connectivity index (χ0n) is 24.9. The van der Waals surface area contributed by atoms with E-state index in [9.17, 15) is 0 Å². The average Bonchev–Trinajstić information content (AvgIpc) is 3.09. The number of nitrogens with zero attached hydrogens (tertiary/aromatic N) is 6. The standard InChI is InChI=1S/C39H30N6/c1-27-20-28(30-23-35(32-12-4-8-16-40-32)43-36(24-30)37-15-7-11-19-44(37)2)22-29(21-27)31-25-38(33-13-5-9-17-41-33)45(3)39(26-31)34-14-6-10-18-42-34/h4-26H,2-3H2,1H3. The first-order valence-electron chi connectivity index (χ1n) is 14.7. The summed E-state index contributed by atoms with van der Waals surface area (Å²) in [6.07, 6.45) is 7.32. The van der Waals surface area contributed by atoms with Crippen molar-refractivity contribution in [3.8, 4) is 67.8 Å². The zero-order chi connectivity index (χ0) is 30.8. The van der Waals surface area contributed by atoms with Crippen molar-refractivity contribution in [2.45, 2.75) is 6.92 Å². The third-order valence-electron chi connectivity index (χ3n) is 7.72. The zero-order valence-corrected chi connectivity index (χ0v) is 24.9. The summed E-state index contributed by atoms with van der Waals surface area (Å²) in [5.41, 5.74) is 12.1. The maximum atomic E-state index is 5.02. The molecular weight excluding hydrogens is 552 g/mol. The van der Waals surface area contributed by atoms with Crippen LogP contribution in [0.4, 0.5) is 0 Å². The Bertz CT molecular complexity index is 2070. The minimum atomic E-state index is 0.794. The molecule has 0 aliphatic heterocycles. The smallest absolute Gasteiger partial charge is 0.131 e. The minimum Gasteiger partial charge on any atom is -0.332 e. The minimum absolute atomic E-state index is 0.794. The van der Waals surface area contributed by atoms with Crippen LogP contribution in [-0.4, -0.2) is 19.9 Å². The molecule has 0 spiro atoms. The van der Waals surface area contributed by atoms with Gasteiger partial charge >= 0.3 is 0 Å². The molecule has 0 bridgehead atoms. The summed E-state index contributed by atoms with van der Waals surface area (Å²) in [6.45, 7) is 2.12. The van der Waals surface area contributed by atoms with Crippen LogP contribution >= 0.6 is 0 Å². The molecule has 1 aromatic carbocycles. The number of aromatic nitrogens is 6. The highest BCUT2D eigenvalue weighted by molar-refractivity contribution is 5.80. The molecule has 6 aromatic heterocycles. The van der Waals surface area contributed by atoms with Gasteiger partial charge in [0, 0.05) is 32.7 Å². The molecule has 0 aliphatic rings. The molecule has 216 valence electrons. The Hall–Kier alpha value is -6.14. The van der Waals surface area contributed by atoms with Crippen molar-refractivity contribution in [2.24, 2.45) is 0 Å². The third kappa shape index (κ3) is 5.65. The Morgan fingerprint density at radius 2 is 0.978 bits per heavy atom. The van der Waals surface area contributed by atoms with Gasteiger partial charge in [0.2, 0.25) is 0 Å². The van der Waals surface area contributed by atoms with Crippen molar-refractivity contribution in [1.29, 1.82) is 0 Å². The molecule has 6 heteroatoms. The Kier molecular flexibility index (Phi) is 7.29. The summed E-state index contributed by atoms with van der Waals surface area (Å²) in [5.74, 6) is 0. The number of pyridine rings is 6. The predicted molar refractivity (Wildman–Crippen MR) is 177 cm³/mol. The molecule has 0 fully saturated rings. The Morgan fingerprint density at radius 1 is 0.467 bits per heavy atom. The molecule has 0 aliphatic carbocycles. The highest BCUT2D eigenvalue weighted by Crippen LogP contribution is 2.34. The van der Waals surface area contributed by atoms with Crippen LogP contribution in [0.1, 0.15) is 5.56 Å². The van der Waals surface area contributed by atoms with E-state index in [4.69, 9.17) is 4.98 Å². The third-order valence-corrected chi connectivity index (χ3v) is 7.72. The Morgan fingerprint density at radius 3 is 1.53 bits per heavy atom. The van der Waals surface area contributed by atoms with E-state index in [1.54, 1.807) is 18.6 Å². The van der Waals surface area contributed by atoms with E-state index < -0.39 is 0 Å². The largest absolute Gasteiger partial charge is 0.332 e. The molecule has 0 saturated heterocycles. The molecule has 0 radical (unpaired) electrons. The number of benzene rings is 1. The molecule has 0 saturated carbocycles. The van der Waals surface area contributed by atoms with E-state index >= 15 is 0 Å². The van der Waals surface area contributed by atoms with Gasteiger partial charge in [-0.05, 0) is 108 Å². The van der Waals surface area contributed by atoms with Gasteiger partial charge in [0.05, 0.1) is 34.7 Å². The van der Waals surface area contributed by atoms with Crippen LogP contribution < -0.4 is 9.13 Å². The van der Waals surface area contributed by atoms with E-state index in [1.165, 1.54) is 0 Å². The maximum Gasteiger partial charge on any atom is 0.131 e. The van der Waals surface area contributed by atoms with Gasteiger partial charge in [-0.2, -0.15) is 0 Å². The molecule has 7 aromatic rings. The van der Waals surface area contributed by atoms with Crippen molar-refractivity contribution in [1.82, 2.24) is 19.9 Å². The Balaban J connectivity index is 1.43. The van der Waals surface area contributed by atoms with Crippen LogP contribution in [0.3, 0.4) is 0 Å². The fraction of sp³-hybridized carbons (Fsp3) is 0.0256. The van der Waals surface area contributed by atoms with Crippen molar-refractivity contribution < 1.29 is 9.13 Å². The fourth-order valence-electron chi connectivity index (χ4n) is 5.54. The summed E-state index contributed by atoms with van der Waals surface area (Å²) in [4.78, 5) is 18.9. The fourth-order valence-corrected chi connectivity index (χ4v) is 5.54. The molecule has 45 heavy (non-hydrogen) atoms. The van der Waals surface area contributed by atoms with E-state index in [2.05, 4.69) is 78.4 Å². The van der Waals surface area contributed by atoms with Gasteiger partial charge in [-0.3, -0.25) is 19.9 Å². The van der Waals surface area contributed by atoms with Gasteiger partial charge in [-0.1, -0.05) is 42.5 Å². The summed E-state index contributed by atoms with van der Waals surface area (Å²) in [5, 5.41) is 0. The number of hydrogen-bond donors (Lipinski definition) is 0. The molecule has 0 atom stereocenters. The first-order chi connectivity index (χ1) is 22.0. The predicted octanol–water partition coefficient (Wildman–Crippen LogP) is 7.43. The Labute approximate surface area is 263 Å². The van der Waals surface area contributed by atoms with E-state index in [1.807, 2.05) is 88.1 Å². The van der Waals surface area contributed by atoms with Crippen molar-refractivity contribution in [3.05, 3.63) is 160 Å². The average molecular weight is 583 g/mol. The monoisotopic (exact) mass is 582 g/mol. The van der Waals surface area contributed by atoms with Gasteiger partial charge in [0.1, 0.15) is 17.1 Å². The van der Waals surface area contributed by atoms with Crippen LogP contribution in [-0.2, 0) is 0 Å². The first kappa shape index (κ1) is 27.7. The molecule has 6 heterocycles. The second kappa shape index (κ2) is 11.9. The number of rotatable bonds is 6. The molecular formula is C39H30N6. The summed E-state index contributed by atoms with van der Waals surface area (Å²) in [6, 6.07) is 38.8. The van der Waals surface area contributed by atoms with Crippen LogP contribution in [0.15, 0.2) is 140 Å². The molecule has 7 rings (SSSR count). The van der Waals surface area contributed by atoms with Crippen LogP contribution in [0, 0.1) is 21.0 Å². The normalized spacial score (nSPS) is 11.0. The second-order valence-electron chi connectivity index (χ2n) is 10.9. The van der Waals surface area contributed by atoms with E-state index in [-0.39, 0.29) is 0 Å². The summed E-state index contributed by atoms with van der Waals surface area (Å²) in [7, 11) is 8.58. The van der Waals surface area contributed by atoms with Crippen LogP contribution in [0.2, 0.25) is 0 Å². The van der Waals surface area contributed by atoms with Gasteiger partial charge in [0.25, 0.3) is 0 Å². The molecule has 6 nitrogen and oxygen atoms in total. The van der Waals surface area contributed by atoms with Crippen LogP contribution in [0.25, 0.3) is 67.8 Å². The van der Waals surface area contributed by atoms with Crippen molar-refractivity contribution >= 4 is 0 Å². The number of aryl methyl sites for hydroxylation is 1. The first-order valence-corrected chi connectivity index (χ1v) is 14.7. The lowest BCUT2D eigenvalue weighted by molar-refractivity contribution is -0.600. The maximum absolute atomic E-state index is 5.02. The molecule has 0 N–H and O–H groups in total. The lowest BCUT2D eigenvalue weighted by Crippen LogP contribution is -2.32. The quantitative estimate of drug-likeness (QED) is 0.151. The highest BCUT2D eigenvalue weighted by Gasteiger charge is 2.16. The lowest BCUT2D eigenvalue weighted by Gasteiger charge is -2.17. The van der Waals surface area contributed by atoms with E-state index in [0.29, 0.717) is 0 Å². The van der Waals surface area contributed by atoms with Gasteiger partial charge in [-0.25, -0.2) is 0 Å². The second-order valence-corrected chi connectivity index (χ2v) is 10.9. The van der Waals surface area contributed by atoms with Gasteiger partial charge in [0.15, 0.2) is 0 Å². The molecule has 0 unspecified atom stereocenters. The van der Waals surface area contributed by atoms with Gasteiger partial charge < -0.3 is 9.13 Å². The molecule has 0 amide bonds. The van der Waals surface area contributed by atoms with Crippen molar-refractivity contribution in [3.63, 3.8) is 0 Å².